The van der Waals surface area contributed by atoms with E-state index in [-0.39, 0.29) is 0 Å². The van der Waals surface area contributed by atoms with Gasteiger partial charge in [0.15, 0.2) is 0 Å². The van der Waals surface area contributed by atoms with Gasteiger partial charge >= 0.3 is 0 Å². The van der Waals surface area contributed by atoms with Gasteiger partial charge in [-0.3, -0.25) is 0 Å². The Balaban J connectivity index is 1.79. The summed E-state index contributed by atoms with van der Waals surface area (Å²) in [5, 5.41) is 6.94. The van der Waals surface area contributed by atoms with Crippen LogP contribution in [0.25, 0.3) is 0 Å². The number of aromatic nitrogens is 2. The van der Waals surface area contributed by atoms with Crippen LogP contribution in [0.15, 0.2) is 12.4 Å². The lowest BCUT2D eigenvalue weighted by Crippen LogP contribution is -2.19. The molecular formula is C16H29N5. The fourth-order valence-electron chi connectivity index (χ4n) is 2.78. The van der Waals surface area contributed by atoms with Gasteiger partial charge in [-0.05, 0) is 39.9 Å². The van der Waals surface area contributed by atoms with E-state index in [4.69, 9.17) is 0 Å². The summed E-state index contributed by atoms with van der Waals surface area (Å²) in [5.41, 5.74) is 0. The summed E-state index contributed by atoms with van der Waals surface area (Å²) >= 11 is 0. The number of nitrogens with zero attached hydrogens (tertiary/aromatic N) is 3. The molecule has 0 unspecified atom stereocenters. The Morgan fingerprint density at radius 2 is 1.81 bits per heavy atom. The van der Waals surface area contributed by atoms with Crippen LogP contribution in [0, 0.1) is 0 Å². The number of rotatable bonds is 7. The second-order valence-corrected chi connectivity index (χ2v) is 6.20. The van der Waals surface area contributed by atoms with E-state index in [1.165, 1.54) is 38.5 Å². The zero-order chi connectivity index (χ0) is 14.9. The van der Waals surface area contributed by atoms with Crippen molar-refractivity contribution in [2.75, 3.05) is 37.8 Å². The normalized spacial score (nSPS) is 16.7. The largest absolute Gasteiger partial charge is 0.370 e. The quantitative estimate of drug-likeness (QED) is 0.597. The molecule has 0 radical (unpaired) electrons. The van der Waals surface area contributed by atoms with Gasteiger partial charge in [-0.1, -0.05) is 25.7 Å². The van der Waals surface area contributed by atoms with Crippen LogP contribution in [0.2, 0.25) is 0 Å². The molecule has 0 aliphatic heterocycles. The van der Waals surface area contributed by atoms with E-state index in [1.54, 1.807) is 6.33 Å². The van der Waals surface area contributed by atoms with E-state index < -0.39 is 0 Å². The summed E-state index contributed by atoms with van der Waals surface area (Å²) < 4.78 is 0. The van der Waals surface area contributed by atoms with E-state index in [1.807, 2.05) is 6.07 Å². The zero-order valence-electron chi connectivity index (χ0n) is 13.4. The maximum absolute atomic E-state index is 4.35. The van der Waals surface area contributed by atoms with Crippen molar-refractivity contribution in [3.8, 4) is 0 Å². The van der Waals surface area contributed by atoms with E-state index in [0.29, 0.717) is 6.04 Å². The first-order chi connectivity index (χ1) is 10.2. The van der Waals surface area contributed by atoms with E-state index in [0.717, 1.165) is 31.1 Å². The van der Waals surface area contributed by atoms with Gasteiger partial charge in [0, 0.05) is 18.7 Å². The van der Waals surface area contributed by atoms with Crippen molar-refractivity contribution in [2.24, 2.45) is 0 Å². The summed E-state index contributed by atoms with van der Waals surface area (Å²) in [7, 11) is 4.19. The highest BCUT2D eigenvalue weighted by Crippen LogP contribution is 2.20. The molecule has 1 saturated carbocycles. The van der Waals surface area contributed by atoms with Gasteiger partial charge in [0.05, 0.1) is 0 Å². The van der Waals surface area contributed by atoms with Crippen molar-refractivity contribution in [1.82, 2.24) is 14.9 Å². The monoisotopic (exact) mass is 291 g/mol. The molecule has 118 valence electrons. The van der Waals surface area contributed by atoms with Crippen LogP contribution in [-0.2, 0) is 0 Å². The molecule has 1 aromatic heterocycles. The molecule has 1 aliphatic rings. The molecule has 2 rings (SSSR count). The van der Waals surface area contributed by atoms with Crippen molar-refractivity contribution >= 4 is 11.6 Å². The second kappa shape index (κ2) is 8.82. The molecule has 0 spiro atoms. The minimum atomic E-state index is 0.573. The SMILES string of the molecule is CN(C)CCCNc1cc(NC2CCCCCC2)ncn1. The molecule has 0 atom stereocenters. The van der Waals surface area contributed by atoms with Crippen LogP contribution in [-0.4, -0.2) is 48.1 Å². The topological polar surface area (TPSA) is 53.1 Å². The smallest absolute Gasteiger partial charge is 0.131 e. The van der Waals surface area contributed by atoms with Gasteiger partial charge in [-0.2, -0.15) is 0 Å². The summed E-state index contributed by atoms with van der Waals surface area (Å²) in [6.07, 6.45) is 10.7. The Bertz CT molecular complexity index is 399. The summed E-state index contributed by atoms with van der Waals surface area (Å²) in [5.74, 6) is 1.87. The molecule has 2 N–H and O–H groups in total. The van der Waals surface area contributed by atoms with E-state index in [9.17, 15) is 0 Å². The van der Waals surface area contributed by atoms with Gasteiger partial charge in [0.25, 0.3) is 0 Å². The number of hydrogen-bond acceptors (Lipinski definition) is 5. The Kier molecular flexibility index (Phi) is 6.73. The van der Waals surface area contributed by atoms with E-state index in [2.05, 4.69) is 39.6 Å². The average molecular weight is 291 g/mol. The lowest BCUT2D eigenvalue weighted by atomic mass is 10.1. The summed E-state index contributed by atoms with van der Waals surface area (Å²) in [6.45, 7) is 2.03. The number of anilines is 2. The van der Waals surface area contributed by atoms with Gasteiger partial charge in [0.2, 0.25) is 0 Å². The maximum Gasteiger partial charge on any atom is 0.131 e. The van der Waals surface area contributed by atoms with Crippen LogP contribution in [0.3, 0.4) is 0 Å². The molecule has 5 heteroatoms. The van der Waals surface area contributed by atoms with Crippen LogP contribution < -0.4 is 10.6 Å². The lowest BCUT2D eigenvalue weighted by molar-refractivity contribution is 0.405. The van der Waals surface area contributed by atoms with Gasteiger partial charge in [-0.15, -0.1) is 0 Å². The standard InChI is InChI=1S/C16H29N5/c1-21(2)11-7-10-17-15-12-16(19-13-18-15)20-14-8-5-3-4-6-9-14/h12-14H,3-11H2,1-2H3,(H2,17,18,19,20). The fourth-order valence-corrected chi connectivity index (χ4v) is 2.78. The Morgan fingerprint density at radius 1 is 1.10 bits per heavy atom. The third-order valence-electron chi connectivity index (χ3n) is 3.96. The highest BCUT2D eigenvalue weighted by Gasteiger charge is 2.12. The second-order valence-electron chi connectivity index (χ2n) is 6.20. The first kappa shape index (κ1) is 16.0. The van der Waals surface area contributed by atoms with Crippen LogP contribution >= 0.6 is 0 Å². The lowest BCUT2D eigenvalue weighted by Gasteiger charge is -2.17. The van der Waals surface area contributed by atoms with Crippen molar-refractivity contribution in [2.45, 2.75) is 51.0 Å². The molecule has 0 amide bonds. The van der Waals surface area contributed by atoms with Crippen molar-refractivity contribution in [3.05, 3.63) is 12.4 Å². The predicted molar refractivity (Wildman–Crippen MR) is 88.8 cm³/mol. The molecule has 0 bridgehead atoms. The van der Waals surface area contributed by atoms with Crippen LogP contribution in [0.4, 0.5) is 11.6 Å². The third-order valence-corrected chi connectivity index (χ3v) is 3.96. The zero-order valence-corrected chi connectivity index (χ0v) is 13.4. The molecule has 1 aromatic rings. The average Bonchev–Trinajstić information content (AvgIpc) is 2.73. The first-order valence-corrected chi connectivity index (χ1v) is 8.21. The third kappa shape index (κ3) is 6.29. The molecule has 0 saturated heterocycles. The minimum absolute atomic E-state index is 0.573. The first-order valence-electron chi connectivity index (χ1n) is 8.21. The highest BCUT2D eigenvalue weighted by molar-refractivity contribution is 5.46. The van der Waals surface area contributed by atoms with Crippen molar-refractivity contribution < 1.29 is 0 Å². The van der Waals surface area contributed by atoms with Gasteiger partial charge in [-0.25, -0.2) is 9.97 Å². The Hall–Kier alpha value is -1.36. The van der Waals surface area contributed by atoms with Crippen molar-refractivity contribution in [3.63, 3.8) is 0 Å². The summed E-state index contributed by atoms with van der Waals surface area (Å²) in [6, 6.07) is 2.60. The highest BCUT2D eigenvalue weighted by atomic mass is 15.1. The predicted octanol–water partition coefficient (Wildman–Crippen LogP) is 2.97. The molecule has 1 heterocycles. The molecule has 0 aromatic carbocycles. The fraction of sp³-hybridized carbons (Fsp3) is 0.750. The number of nitrogens with one attached hydrogen (secondary N) is 2. The van der Waals surface area contributed by atoms with Crippen LogP contribution in [0.5, 0.6) is 0 Å². The summed E-state index contributed by atoms with van der Waals surface area (Å²) in [4.78, 5) is 10.8. The molecule has 5 nitrogen and oxygen atoms in total. The minimum Gasteiger partial charge on any atom is -0.370 e. The molecule has 1 aliphatic carbocycles. The Morgan fingerprint density at radius 3 is 2.52 bits per heavy atom. The molecule has 21 heavy (non-hydrogen) atoms. The van der Waals surface area contributed by atoms with Gasteiger partial charge < -0.3 is 15.5 Å². The van der Waals surface area contributed by atoms with Crippen LogP contribution in [0.1, 0.15) is 44.9 Å². The van der Waals surface area contributed by atoms with Gasteiger partial charge in [0.1, 0.15) is 18.0 Å². The molecular weight excluding hydrogens is 262 g/mol. The van der Waals surface area contributed by atoms with Crippen molar-refractivity contribution in [1.29, 1.82) is 0 Å². The number of hydrogen-bond donors (Lipinski definition) is 2. The maximum atomic E-state index is 4.35. The Labute approximate surface area is 128 Å². The molecule has 1 fully saturated rings. The van der Waals surface area contributed by atoms with E-state index >= 15 is 0 Å².